The van der Waals surface area contributed by atoms with Gasteiger partial charge in [0.1, 0.15) is 0 Å². The lowest BCUT2D eigenvalue weighted by atomic mass is 9.82. The summed E-state index contributed by atoms with van der Waals surface area (Å²) in [5.41, 5.74) is 32.8. The van der Waals surface area contributed by atoms with Crippen LogP contribution >= 0.6 is 15.9 Å². The molecule has 0 atom stereocenters. The smallest absolute Gasteiger partial charge is 0.0641 e. The van der Waals surface area contributed by atoms with Crippen molar-refractivity contribution in [1.29, 1.82) is 0 Å². The van der Waals surface area contributed by atoms with E-state index in [1.54, 1.807) is 0 Å². The van der Waals surface area contributed by atoms with Gasteiger partial charge < -0.3 is 13.7 Å². The average Bonchev–Trinajstić information content (AvgIpc) is 1.57. The molecule has 0 saturated carbocycles. The summed E-state index contributed by atoms with van der Waals surface area (Å²) in [7, 11) is 0. The molecule has 0 radical (unpaired) electrons. The third kappa shape index (κ3) is 9.14. The quantitative estimate of drug-likeness (QED) is 0.163. The molecule has 0 aliphatic heterocycles. The Kier molecular flexibility index (Phi) is 14.0. The third-order valence-corrected chi connectivity index (χ3v) is 21.4. The van der Waals surface area contributed by atoms with Gasteiger partial charge >= 0.3 is 0 Å². The fourth-order valence-electron chi connectivity index (χ4n) is 16.4. The molecule has 0 saturated heterocycles. The summed E-state index contributed by atoms with van der Waals surface area (Å²) in [6.45, 7) is 9.32. The second kappa shape index (κ2) is 22.9. The SMILES string of the molecule is C.CC1(C)c2ccccc2-c2ccc(-n3c4ccccc4c4ccc5c(c6ccccc6n5-c5ccc(-c6ccccc6)cc5)c43)cc21.CC1(C)c2ccccc2-c2ccc(Br)cc21.c1ccc(-c2ccc(-n3c4ccccc4c4c5c(ccc43)-c3ccccc3C5)cc2)cc1. The Bertz CT molecular complexity index is 5920. The van der Waals surface area contributed by atoms with Crippen molar-refractivity contribution in [3.63, 3.8) is 0 Å². The fraction of sp³-hybridized carbons (Fsp3) is 0.0870. The first-order valence-corrected chi connectivity index (χ1v) is 33.9. The van der Waals surface area contributed by atoms with Gasteiger partial charge in [0.25, 0.3) is 0 Å². The summed E-state index contributed by atoms with van der Waals surface area (Å²) in [6, 6.07) is 115. The molecular weight excluding hydrogens is 1230 g/mol. The standard InChI is InChI=1S/C45H32N2.C31H21N.C15H13Br.CH4/c1-45(2)38-17-9-6-14-33(38)34-25-24-32(28-39(34)45)47-40-18-10-7-15-35(40)36-26-27-42-43(44(36)47)37-16-8-11-19-41(37)46(42)31-22-20-30(21-23-31)29-12-4-3-5-13-29;1-2-8-21(9-3-1)22-14-16-24(17-15-22)32-29-13-7-6-12-27(29)31-28-20-23-10-4-5-11-25(23)26(28)18-19-30(31)32;1-15(2)13-6-4-3-5-11(13)12-8-7-10(16)9-14(12)15;/h3-28H,1-2H3;1-19H,20H2;3-9H,1-2H3;1H4. The summed E-state index contributed by atoms with van der Waals surface area (Å²) in [4.78, 5) is 0. The van der Waals surface area contributed by atoms with Crippen LogP contribution in [0.5, 0.6) is 0 Å². The number of para-hydroxylation sites is 3. The summed E-state index contributed by atoms with van der Waals surface area (Å²) < 4.78 is 8.53. The van der Waals surface area contributed by atoms with Crippen molar-refractivity contribution in [3.05, 3.63) is 353 Å². The van der Waals surface area contributed by atoms with Crippen LogP contribution in [0.2, 0.25) is 0 Å². The number of rotatable bonds is 5. The van der Waals surface area contributed by atoms with E-state index in [1.807, 2.05) is 0 Å². The molecule has 3 aliphatic rings. The highest BCUT2D eigenvalue weighted by atomic mass is 79.9. The largest absolute Gasteiger partial charge is 0.309 e. The maximum absolute atomic E-state index is 3.56. The van der Waals surface area contributed by atoms with Crippen molar-refractivity contribution in [2.45, 2.75) is 52.4 Å². The highest BCUT2D eigenvalue weighted by molar-refractivity contribution is 9.10. The summed E-state index contributed by atoms with van der Waals surface area (Å²) in [6.07, 6.45) is 1.00. The topological polar surface area (TPSA) is 14.8 Å². The Morgan fingerprint density at radius 3 is 1.27 bits per heavy atom. The number of benzene rings is 14. The molecule has 3 nitrogen and oxygen atoms in total. The van der Waals surface area contributed by atoms with Gasteiger partial charge in [0.15, 0.2) is 0 Å². The monoisotopic (exact) mass is 1300 g/mol. The first-order chi connectivity index (χ1) is 46.6. The predicted molar refractivity (Wildman–Crippen MR) is 411 cm³/mol. The second-order valence-corrected chi connectivity index (χ2v) is 27.7. The molecule has 3 aromatic heterocycles. The van der Waals surface area contributed by atoms with Gasteiger partial charge in [-0.05, 0) is 174 Å². The van der Waals surface area contributed by atoms with E-state index in [9.17, 15) is 0 Å². The first-order valence-electron chi connectivity index (χ1n) is 33.1. The molecular formula is C92H70BrN3. The highest BCUT2D eigenvalue weighted by Gasteiger charge is 2.37. The molecule has 3 aliphatic carbocycles. The second-order valence-electron chi connectivity index (χ2n) is 26.8. The van der Waals surface area contributed by atoms with E-state index in [4.69, 9.17) is 0 Å². The van der Waals surface area contributed by atoms with E-state index in [2.05, 4.69) is 373 Å². The van der Waals surface area contributed by atoms with Gasteiger partial charge in [0.05, 0.1) is 33.1 Å². The molecule has 0 unspecified atom stereocenters. The van der Waals surface area contributed by atoms with Crippen LogP contribution < -0.4 is 0 Å². The zero-order valence-corrected chi connectivity index (χ0v) is 55.0. The van der Waals surface area contributed by atoms with Crippen LogP contribution in [0.4, 0.5) is 0 Å². The van der Waals surface area contributed by atoms with Gasteiger partial charge in [-0.3, -0.25) is 0 Å². The molecule has 0 N–H and O–H groups in total. The van der Waals surface area contributed by atoms with Crippen LogP contribution in [-0.4, -0.2) is 13.7 Å². The number of aromatic nitrogens is 3. The number of halogens is 1. The fourth-order valence-corrected chi connectivity index (χ4v) is 16.8. The average molecular weight is 1300 g/mol. The Hall–Kier alpha value is -11.0. The Labute approximate surface area is 569 Å². The molecule has 0 bridgehead atoms. The molecule has 17 aromatic rings. The van der Waals surface area contributed by atoms with Crippen LogP contribution in [0.1, 0.15) is 68.5 Å². The zero-order valence-electron chi connectivity index (χ0n) is 53.4. The third-order valence-electron chi connectivity index (χ3n) is 20.9. The minimum Gasteiger partial charge on any atom is -0.309 e. The minimum absolute atomic E-state index is 0. The van der Waals surface area contributed by atoms with E-state index in [-0.39, 0.29) is 18.3 Å². The molecule has 0 amide bonds. The van der Waals surface area contributed by atoms with E-state index < -0.39 is 0 Å². The van der Waals surface area contributed by atoms with Crippen LogP contribution in [-0.2, 0) is 17.3 Å². The van der Waals surface area contributed by atoms with Crippen molar-refractivity contribution in [2.75, 3.05) is 0 Å². The Morgan fingerprint density at radius 2 is 0.688 bits per heavy atom. The lowest BCUT2D eigenvalue weighted by molar-refractivity contribution is 0.660. The molecule has 4 heteroatoms. The number of hydrogen-bond acceptors (Lipinski definition) is 0. The first kappa shape index (κ1) is 58.8. The molecule has 20 rings (SSSR count). The van der Waals surface area contributed by atoms with Gasteiger partial charge in [-0.25, -0.2) is 0 Å². The molecule has 0 spiro atoms. The van der Waals surface area contributed by atoms with Crippen molar-refractivity contribution in [3.8, 4) is 72.7 Å². The van der Waals surface area contributed by atoms with Crippen LogP contribution in [0.3, 0.4) is 0 Å². The van der Waals surface area contributed by atoms with Gasteiger partial charge in [-0.2, -0.15) is 0 Å². The van der Waals surface area contributed by atoms with Crippen molar-refractivity contribution in [2.24, 2.45) is 0 Å². The molecule has 460 valence electrons. The molecule has 3 heterocycles. The number of nitrogens with zero attached hydrogens (tertiary/aromatic N) is 3. The van der Waals surface area contributed by atoms with Crippen LogP contribution in [0.15, 0.2) is 320 Å². The molecule has 14 aromatic carbocycles. The maximum atomic E-state index is 3.56. The summed E-state index contributed by atoms with van der Waals surface area (Å²) >= 11 is 3.56. The Morgan fingerprint density at radius 1 is 0.281 bits per heavy atom. The maximum Gasteiger partial charge on any atom is 0.0641 e. The van der Waals surface area contributed by atoms with E-state index >= 15 is 0 Å². The molecule has 96 heavy (non-hydrogen) atoms. The number of fused-ring (bicyclic) bond motifs is 20. The summed E-state index contributed by atoms with van der Waals surface area (Å²) in [5, 5.41) is 7.82. The van der Waals surface area contributed by atoms with E-state index in [0.29, 0.717) is 0 Å². The van der Waals surface area contributed by atoms with Crippen LogP contribution in [0.25, 0.3) is 138 Å². The normalized spacial score (nSPS) is 13.3. The van der Waals surface area contributed by atoms with Crippen molar-refractivity contribution < 1.29 is 0 Å². The highest BCUT2D eigenvalue weighted by Crippen LogP contribution is 2.52. The van der Waals surface area contributed by atoms with E-state index in [0.717, 1.165) is 16.6 Å². The minimum atomic E-state index is -0.0715. The van der Waals surface area contributed by atoms with Gasteiger partial charge in [-0.15, -0.1) is 0 Å². The molecule has 0 fully saturated rings. The predicted octanol–water partition coefficient (Wildman–Crippen LogP) is 25.3. The van der Waals surface area contributed by atoms with Crippen molar-refractivity contribution >= 4 is 81.3 Å². The zero-order chi connectivity index (χ0) is 63.7. The Balaban J connectivity index is 0.000000122. The lowest BCUT2D eigenvalue weighted by Gasteiger charge is -2.22. The van der Waals surface area contributed by atoms with Gasteiger partial charge in [0.2, 0.25) is 0 Å². The van der Waals surface area contributed by atoms with Gasteiger partial charge in [0, 0.05) is 64.7 Å². The van der Waals surface area contributed by atoms with Crippen molar-refractivity contribution in [1.82, 2.24) is 13.7 Å². The van der Waals surface area contributed by atoms with E-state index in [1.165, 1.54) is 166 Å². The lowest BCUT2D eigenvalue weighted by Crippen LogP contribution is -2.15. The van der Waals surface area contributed by atoms with Gasteiger partial charge in [-0.1, -0.05) is 288 Å². The van der Waals surface area contributed by atoms with Crippen LogP contribution in [0, 0.1) is 0 Å². The number of hydrogen-bond donors (Lipinski definition) is 0. The summed E-state index contributed by atoms with van der Waals surface area (Å²) in [5.74, 6) is 0.